The summed E-state index contributed by atoms with van der Waals surface area (Å²) in [6.45, 7) is 9.53. The number of esters is 1. The van der Waals surface area contributed by atoms with Crippen molar-refractivity contribution in [2.75, 3.05) is 32.9 Å². The fourth-order valence-corrected chi connectivity index (χ4v) is 1.31. The van der Waals surface area contributed by atoms with E-state index in [1.54, 1.807) is 6.92 Å². The lowest BCUT2D eigenvalue weighted by atomic mass is 10.1. The van der Waals surface area contributed by atoms with E-state index in [0.29, 0.717) is 32.7 Å². The van der Waals surface area contributed by atoms with Crippen molar-refractivity contribution in [3.05, 3.63) is 0 Å². The SMILES string of the molecule is CCOC(=O)COCCNCCC(=O)NC(C)(C)C. The van der Waals surface area contributed by atoms with E-state index < -0.39 is 0 Å². The molecule has 112 valence electrons. The van der Waals surface area contributed by atoms with Gasteiger partial charge in [-0.05, 0) is 27.7 Å². The molecular weight excluding hydrogens is 248 g/mol. The Balaban J connectivity index is 3.36. The maximum absolute atomic E-state index is 11.5. The van der Waals surface area contributed by atoms with Gasteiger partial charge in [0.05, 0.1) is 13.2 Å². The molecule has 19 heavy (non-hydrogen) atoms. The van der Waals surface area contributed by atoms with Crippen LogP contribution in [0.3, 0.4) is 0 Å². The molecule has 0 radical (unpaired) electrons. The van der Waals surface area contributed by atoms with Crippen LogP contribution in [0.2, 0.25) is 0 Å². The summed E-state index contributed by atoms with van der Waals surface area (Å²) in [6, 6.07) is 0. The van der Waals surface area contributed by atoms with E-state index in [4.69, 9.17) is 9.47 Å². The number of nitrogens with one attached hydrogen (secondary N) is 2. The second-order valence-electron chi connectivity index (χ2n) is 5.16. The van der Waals surface area contributed by atoms with Crippen molar-refractivity contribution in [2.24, 2.45) is 0 Å². The van der Waals surface area contributed by atoms with Crippen LogP contribution < -0.4 is 10.6 Å². The zero-order valence-electron chi connectivity index (χ0n) is 12.4. The first-order chi connectivity index (χ1) is 8.85. The van der Waals surface area contributed by atoms with Gasteiger partial charge in [0.2, 0.25) is 5.91 Å². The molecule has 1 amide bonds. The average molecular weight is 274 g/mol. The average Bonchev–Trinajstić information content (AvgIpc) is 2.25. The van der Waals surface area contributed by atoms with Gasteiger partial charge in [-0.1, -0.05) is 0 Å². The molecule has 0 heterocycles. The standard InChI is InChI=1S/C13H26N2O4/c1-5-19-12(17)10-18-9-8-14-7-6-11(16)15-13(2,3)4/h14H,5-10H2,1-4H3,(H,15,16). The summed E-state index contributed by atoms with van der Waals surface area (Å²) >= 11 is 0. The fraction of sp³-hybridized carbons (Fsp3) is 0.846. The fourth-order valence-electron chi connectivity index (χ4n) is 1.31. The van der Waals surface area contributed by atoms with Gasteiger partial charge in [0.15, 0.2) is 0 Å². The molecule has 0 saturated carbocycles. The highest BCUT2D eigenvalue weighted by Crippen LogP contribution is 1.98. The topological polar surface area (TPSA) is 76.7 Å². The summed E-state index contributed by atoms with van der Waals surface area (Å²) in [4.78, 5) is 22.4. The van der Waals surface area contributed by atoms with Crippen molar-refractivity contribution in [2.45, 2.75) is 39.7 Å². The largest absolute Gasteiger partial charge is 0.464 e. The minimum atomic E-state index is -0.355. The Bertz CT molecular complexity index is 274. The third-order valence-electron chi connectivity index (χ3n) is 1.99. The second kappa shape index (κ2) is 9.75. The van der Waals surface area contributed by atoms with Crippen LogP contribution in [0.4, 0.5) is 0 Å². The van der Waals surface area contributed by atoms with Crippen molar-refractivity contribution >= 4 is 11.9 Å². The first-order valence-corrected chi connectivity index (χ1v) is 6.60. The molecule has 0 unspecified atom stereocenters. The minimum absolute atomic E-state index is 0.0208. The highest BCUT2D eigenvalue weighted by Gasteiger charge is 2.12. The summed E-state index contributed by atoms with van der Waals surface area (Å²) < 4.78 is 9.81. The number of rotatable bonds is 9. The monoisotopic (exact) mass is 274 g/mol. The predicted molar refractivity (Wildman–Crippen MR) is 72.8 cm³/mol. The summed E-state index contributed by atoms with van der Waals surface area (Å²) in [7, 11) is 0. The molecule has 0 aromatic heterocycles. The predicted octanol–water partition coefficient (Wildman–Crippen LogP) is 0.461. The van der Waals surface area contributed by atoms with Gasteiger partial charge >= 0.3 is 5.97 Å². The molecule has 0 aromatic rings. The molecule has 0 atom stereocenters. The van der Waals surface area contributed by atoms with Crippen LogP contribution in [0.25, 0.3) is 0 Å². The molecule has 0 aliphatic carbocycles. The summed E-state index contributed by atoms with van der Waals surface area (Å²) in [6.07, 6.45) is 0.426. The maximum Gasteiger partial charge on any atom is 0.332 e. The van der Waals surface area contributed by atoms with E-state index in [2.05, 4.69) is 10.6 Å². The van der Waals surface area contributed by atoms with Crippen molar-refractivity contribution in [3.63, 3.8) is 0 Å². The molecule has 6 nitrogen and oxygen atoms in total. The van der Waals surface area contributed by atoms with Gasteiger partial charge < -0.3 is 20.1 Å². The molecule has 0 aliphatic rings. The van der Waals surface area contributed by atoms with Crippen molar-refractivity contribution in [1.29, 1.82) is 0 Å². The molecule has 0 bridgehead atoms. The van der Waals surface area contributed by atoms with Crippen LogP contribution in [-0.2, 0) is 19.1 Å². The van der Waals surface area contributed by atoms with E-state index >= 15 is 0 Å². The Morgan fingerprint density at radius 1 is 1.16 bits per heavy atom. The van der Waals surface area contributed by atoms with E-state index in [9.17, 15) is 9.59 Å². The first-order valence-electron chi connectivity index (χ1n) is 6.60. The second-order valence-corrected chi connectivity index (χ2v) is 5.16. The van der Waals surface area contributed by atoms with Crippen LogP contribution in [0.5, 0.6) is 0 Å². The zero-order chi connectivity index (χ0) is 14.7. The quantitative estimate of drug-likeness (QED) is 0.472. The van der Waals surface area contributed by atoms with Crippen LogP contribution in [0.1, 0.15) is 34.1 Å². The number of hydrogen-bond acceptors (Lipinski definition) is 5. The Morgan fingerprint density at radius 3 is 2.42 bits per heavy atom. The molecule has 0 spiro atoms. The lowest BCUT2D eigenvalue weighted by Crippen LogP contribution is -2.41. The van der Waals surface area contributed by atoms with E-state index in [1.165, 1.54) is 0 Å². The van der Waals surface area contributed by atoms with Gasteiger partial charge in [-0.2, -0.15) is 0 Å². The minimum Gasteiger partial charge on any atom is -0.464 e. The molecule has 0 fully saturated rings. The summed E-state index contributed by atoms with van der Waals surface area (Å²) in [5.74, 6) is -0.334. The highest BCUT2D eigenvalue weighted by atomic mass is 16.6. The number of ether oxygens (including phenoxy) is 2. The molecule has 2 N–H and O–H groups in total. The van der Waals surface area contributed by atoms with Gasteiger partial charge in [-0.15, -0.1) is 0 Å². The van der Waals surface area contributed by atoms with Gasteiger partial charge in [0.1, 0.15) is 6.61 Å². The Morgan fingerprint density at radius 2 is 1.84 bits per heavy atom. The Labute approximate surface area is 115 Å². The zero-order valence-corrected chi connectivity index (χ0v) is 12.4. The number of carbonyl (C=O) groups is 2. The summed E-state index contributed by atoms with van der Waals surface area (Å²) in [5, 5.41) is 5.95. The van der Waals surface area contributed by atoms with E-state index in [1.807, 2.05) is 20.8 Å². The molecule has 0 aromatic carbocycles. The third kappa shape index (κ3) is 13.1. The van der Waals surface area contributed by atoms with Crippen molar-refractivity contribution < 1.29 is 19.1 Å². The molecule has 0 rings (SSSR count). The number of carbonyl (C=O) groups excluding carboxylic acids is 2. The molecule has 6 heteroatoms. The number of hydrogen-bond donors (Lipinski definition) is 2. The van der Waals surface area contributed by atoms with Gasteiger partial charge in [0.25, 0.3) is 0 Å². The summed E-state index contributed by atoms with van der Waals surface area (Å²) in [5.41, 5.74) is -0.195. The first kappa shape index (κ1) is 17.9. The highest BCUT2D eigenvalue weighted by molar-refractivity contribution is 5.76. The number of amides is 1. The Kier molecular flexibility index (Phi) is 9.16. The third-order valence-corrected chi connectivity index (χ3v) is 1.99. The Hall–Kier alpha value is -1.14. The van der Waals surface area contributed by atoms with E-state index in [0.717, 1.165) is 0 Å². The lowest BCUT2D eigenvalue weighted by Gasteiger charge is -2.20. The van der Waals surface area contributed by atoms with Gasteiger partial charge in [-0.3, -0.25) is 4.79 Å². The molecule has 0 saturated heterocycles. The van der Waals surface area contributed by atoms with Crippen LogP contribution in [0.15, 0.2) is 0 Å². The maximum atomic E-state index is 11.5. The van der Waals surface area contributed by atoms with Crippen molar-refractivity contribution in [1.82, 2.24) is 10.6 Å². The van der Waals surface area contributed by atoms with Crippen LogP contribution in [0, 0.1) is 0 Å². The van der Waals surface area contributed by atoms with Gasteiger partial charge in [-0.25, -0.2) is 4.79 Å². The van der Waals surface area contributed by atoms with Gasteiger partial charge in [0, 0.05) is 25.0 Å². The van der Waals surface area contributed by atoms with Crippen LogP contribution in [-0.4, -0.2) is 50.3 Å². The lowest BCUT2D eigenvalue weighted by molar-refractivity contribution is -0.148. The molecule has 0 aliphatic heterocycles. The smallest absolute Gasteiger partial charge is 0.332 e. The molecular formula is C13H26N2O4. The van der Waals surface area contributed by atoms with Crippen molar-refractivity contribution in [3.8, 4) is 0 Å². The normalized spacial score (nSPS) is 11.2. The van der Waals surface area contributed by atoms with E-state index in [-0.39, 0.29) is 24.0 Å². The van der Waals surface area contributed by atoms with Crippen LogP contribution >= 0.6 is 0 Å².